The fraction of sp³-hybridized carbons (Fsp3) is 0.522. The Labute approximate surface area is 207 Å². The lowest BCUT2D eigenvalue weighted by molar-refractivity contribution is -0.137. The molecule has 194 valence electrons. The number of carbonyl (C=O) groups excluding carboxylic acids is 3. The van der Waals surface area contributed by atoms with Crippen molar-refractivity contribution in [1.82, 2.24) is 10.7 Å². The molecule has 1 fully saturated rings. The Hall–Kier alpha value is -4.03. The van der Waals surface area contributed by atoms with Crippen LogP contribution >= 0.6 is 0 Å². The number of methoxy groups -OCH3 is 2. The zero-order valence-corrected chi connectivity index (χ0v) is 20.3. The van der Waals surface area contributed by atoms with E-state index in [0.29, 0.717) is 53.5 Å². The van der Waals surface area contributed by atoms with E-state index in [2.05, 4.69) is 21.0 Å². The number of rotatable bonds is 9. The number of hydrazone groups is 1. The fourth-order valence-electron chi connectivity index (χ4n) is 4.25. The Balaban J connectivity index is 1.61. The Morgan fingerprint density at radius 1 is 1.22 bits per heavy atom. The van der Waals surface area contributed by atoms with Crippen LogP contribution in [0, 0.1) is 5.92 Å². The number of esters is 1. The molecule has 3 aliphatic heterocycles. The van der Waals surface area contributed by atoms with Crippen molar-refractivity contribution in [3.63, 3.8) is 0 Å². The van der Waals surface area contributed by atoms with Crippen LogP contribution in [-0.4, -0.2) is 70.0 Å². The predicted molar refractivity (Wildman–Crippen MR) is 124 cm³/mol. The third-order valence-corrected chi connectivity index (χ3v) is 5.92. The molecule has 2 N–H and O–H groups in total. The second-order valence-corrected chi connectivity index (χ2v) is 8.14. The normalized spacial score (nSPS) is 20.4. The van der Waals surface area contributed by atoms with Gasteiger partial charge < -0.3 is 33.8 Å². The zero-order chi connectivity index (χ0) is 25.7. The predicted octanol–water partition coefficient (Wildman–Crippen LogP) is 0.659. The SMILES string of the molecule is CCOC(=O)C1=NO[C@@H](Cc2c(/C=N\NC(=O)[C@@H]3CCCNC3=O)c3c(c(OC)c2OC)OCO3)C1. The van der Waals surface area contributed by atoms with Crippen LogP contribution in [0.15, 0.2) is 10.3 Å². The number of hydrogen-bond donors (Lipinski definition) is 2. The highest BCUT2D eigenvalue weighted by molar-refractivity contribution is 6.36. The highest BCUT2D eigenvalue weighted by Crippen LogP contribution is 2.52. The number of oxime groups is 1. The summed E-state index contributed by atoms with van der Waals surface area (Å²) in [6.07, 6.45) is 2.51. The maximum Gasteiger partial charge on any atom is 0.356 e. The maximum atomic E-state index is 12.5. The lowest BCUT2D eigenvalue weighted by atomic mass is 9.96. The Morgan fingerprint density at radius 2 is 2.00 bits per heavy atom. The van der Waals surface area contributed by atoms with E-state index in [9.17, 15) is 14.4 Å². The Bertz CT molecular complexity index is 1100. The van der Waals surface area contributed by atoms with Gasteiger partial charge in [-0.25, -0.2) is 10.2 Å². The second kappa shape index (κ2) is 11.1. The van der Waals surface area contributed by atoms with Gasteiger partial charge >= 0.3 is 5.97 Å². The molecule has 2 amide bonds. The molecule has 13 heteroatoms. The van der Waals surface area contributed by atoms with Crippen LogP contribution in [0.25, 0.3) is 0 Å². The summed E-state index contributed by atoms with van der Waals surface area (Å²) in [5, 5.41) is 10.6. The number of piperidine rings is 1. The molecule has 3 heterocycles. The first-order valence-corrected chi connectivity index (χ1v) is 11.5. The van der Waals surface area contributed by atoms with Gasteiger partial charge in [0.1, 0.15) is 12.0 Å². The minimum atomic E-state index is -0.809. The molecule has 0 aromatic heterocycles. The first-order valence-electron chi connectivity index (χ1n) is 11.5. The molecule has 0 spiro atoms. The molecule has 0 radical (unpaired) electrons. The van der Waals surface area contributed by atoms with Crippen molar-refractivity contribution in [2.75, 3.05) is 34.2 Å². The van der Waals surface area contributed by atoms with Gasteiger partial charge in [0.15, 0.2) is 17.2 Å². The minimum Gasteiger partial charge on any atom is -0.492 e. The van der Waals surface area contributed by atoms with Crippen LogP contribution in [0.1, 0.15) is 37.3 Å². The van der Waals surface area contributed by atoms with E-state index in [0.717, 1.165) is 0 Å². The molecule has 0 saturated carbocycles. The topological polar surface area (TPSA) is 155 Å². The average molecular weight is 504 g/mol. The lowest BCUT2D eigenvalue weighted by Gasteiger charge is -2.20. The van der Waals surface area contributed by atoms with Gasteiger partial charge in [-0.3, -0.25) is 9.59 Å². The van der Waals surface area contributed by atoms with Gasteiger partial charge in [-0.15, -0.1) is 0 Å². The van der Waals surface area contributed by atoms with Crippen LogP contribution in [-0.2, 0) is 30.4 Å². The molecule has 36 heavy (non-hydrogen) atoms. The molecule has 2 atom stereocenters. The highest BCUT2D eigenvalue weighted by atomic mass is 16.7. The van der Waals surface area contributed by atoms with Crippen LogP contribution in [0.5, 0.6) is 23.0 Å². The summed E-state index contributed by atoms with van der Waals surface area (Å²) in [6.45, 7) is 2.43. The third-order valence-electron chi connectivity index (χ3n) is 5.92. The van der Waals surface area contributed by atoms with Gasteiger partial charge in [0.25, 0.3) is 5.91 Å². The number of carbonyl (C=O) groups is 3. The molecule has 1 aromatic rings. The fourth-order valence-corrected chi connectivity index (χ4v) is 4.25. The standard InChI is InChI=1S/C23H28N4O9/c1-4-33-23(30)16-9-12(36-27-16)8-14-15(10-25-26-22(29)13-6-5-7-24-21(13)28)18-20(35-11-34-18)19(32-3)17(14)31-2/h10,12-13H,4-9,11H2,1-3H3,(H,24,28)(H,26,29)/b25-10-/t12-,13+/m0/s1. The highest BCUT2D eigenvalue weighted by Gasteiger charge is 2.35. The summed E-state index contributed by atoms with van der Waals surface area (Å²) in [5.41, 5.74) is 3.65. The number of hydrogen-bond acceptors (Lipinski definition) is 11. The van der Waals surface area contributed by atoms with Gasteiger partial charge in [-0.1, -0.05) is 5.16 Å². The maximum absolute atomic E-state index is 12.5. The van der Waals surface area contributed by atoms with Crippen LogP contribution in [0.4, 0.5) is 0 Å². The molecule has 0 unspecified atom stereocenters. The molecule has 0 bridgehead atoms. The van der Waals surface area contributed by atoms with Crippen LogP contribution in [0.3, 0.4) is 0 Å². The minimum absolute atomic E-state index is 0.0518. The van der Waals surface area contributed by atoms with E-state index in [1.165, 1.54) is 20.4 Å². The van der Waals surface area contributed by atoms with E-state index < -0.39 is 23.9 Å². The summed E-state index contributed by atoms with van der Waals surface area (Å²) in [6, 6.07) is 0. The number of ether oxygens (including phenoxy) is 5. The van der Waals surface area contributed by atoms with Crippen molar-refractivity contribution < 1.29 is 42.9 Å². The molecular weight excluding hydrogens is 476 g/mol. The molecule has 1 saturated heterocycles. The number of fused-ring (bicyclic) bond motifs is 1. The summed E-state index contributed by atoms with van der Waals surface area (Å²) >= 11 is 0. The summed E-state index contributed by atoms with van der Waals surface area (Å²) < 4.78 is 27.5. The van der Waals surface area contributed by atoms with Crippen molar-refractivity contribution in [2.45, 2.75) is 38.7 Å². The number of amides is 2. The quantitative estimate of drug-likeness (QED) is 0.213. The van der Waals surface area contributed by atoms with E-state index in [-0.39, 0.29) is 37.9 Å². The lowest BCUT2D eigenvalue weighted by Crippen LogP contribution is -2.43. The summed E-state index contributed by atoms with van der Waals surface area (Å²) in [7, 11) is 2.95. The van der Waals surface area contributed by atoms with E-state index in [1.807, 2.05) is 0 Å². The molecular formula is C23H28N4O9. The van der Waals surface area contributed by atoms with Crippen LogP contribution in [0.2, 0.25) is 0 Å². The summed E-state index contributed by atoms with van der Waals surface area (Å²) in [5.74, 6) is -0.823. The van der Waals surface area contributed by atoms with Gasteiger partial charge in [-0.2, -0.15) is 5.10 Å². The van der Waals surface area contributed by atoms with Crippen molar-refractivity contribution in [1.29, 1.82) is 0 Å². The Kier molecular flexibility index (Phi) is 7.76. The largest absolute Gasteiger partial charge is 0.492 e. The van der Waals surface area contributed by atoms with Crippen LogP contribution < -0.4 is 29.7 Å². The zero-order valence-electron chi connectivity index (χ0n) is 20.3. The molecule has 1 aromatic carbocycles. The number of nitrogens with zero attached hydrogens (tertiary/aromatic N) is 2. The molecule has 3 aliphatic rings. The average Bonchev–Trinajstić information content (AvgIpc) is 3.55. The van der Waals surface area contributed by atoms with Crippen molar-refractivity contribution >= 4 is 29.7 Å². The first kappa shape index (κ1) is 25.1. The third kappa shape index (κ3) is 4.99. The van der Waals surface area contributed by atoms with Crippen molar-refractivity contribution in [2.24, 2.45) is 16.2 Å². The monoisotopic (exact) mass is 504 g/mol. The van der Waals surface area contributed by atoms with Gasteiger partial charge in [0.05, 0.1) is 27.0 Å². The van der Waals surface area contributed by atoms with Gasteiger partial charge in [0.2, 0.25) is 24.2 Å². The van der Waals surface area contributed by atoms with Crippen molar-refractivity contribution in [3.05, 3.63) is 11.1 Å². The summed E-state index contributed by atoms with van der Waals surface area (Å²) in [4.78, 5) is 42.0. The number of benzene rings is 1. The van der Waals surface area contributed by atoms with Crippen molar-refractivity contribution in [3.8, 4) is 23.0 Å². The van der Waals surface area contributed by atoms with E-state index in [1.54, 1.807) is 6.92 Å². The van der Waals surface area contributed by atoms with Gasteiger partial charge in [-0.05, 0) is 19.8 Å². The molecule has 13 nitrogen and oxygen atoms in total. The first-order chi connectivity index (χ1) is 17.5. The Morgan fingerprint density at radius 3 is 2.72 bits per heavy atom. The molecule has 0 aliphatic carbocycles. The number of nitrogens with one attached hydrogen (secondary N) is 2. The van der Waals surface area contributed by atoms with Gasteiger partial charge in [0, 0.05) is 30.5 Å². The molecule has 4 rings (SSSR count). The second-order valence-electron chi connectivity index (χ2n) is 8.14. The van der Waals surface area contributed by atoms with E-state index >= 15 is 0 Å². The van der Waals surface area contributed by atoms with E-state index in [4.69, 9.17) is 28.5 Å². The smallest absolute Gasteiger partial charge is 0.356 e.